The molecule has 0 saturated carbocycles. The maximum absolute atomic E-state index is 12.3. The van der Waals surface area contributed by atoms with Crippen LogP contribution < -0.4 is 10.6 Å². The number of carbonyl (C=O) groups excluding carboxylic acids is 1. The van der Waals surface area contributed by atoms with Crippen LogP contribution in [0.15, 0.2) is 25.6 Å². The lowest BCUT2D eigenvalue weighted by Gasteiger charge is -2.28. The Balaban J connectivity index is 1.95. The highest BCUT2D eigenvalue weighted by atomic mass is 79.9. The van der Waals surface area contributed by atoms with Gasteiger partial charge in [0.15, 0.2) is 0 Å². The number of hydrogen-bond donors (Lipinski definition) is 2. The predicted molar refractivity (Wildman–Crippen MR) is 97.5 cm³/mol. The van der Waals surface area contributed by atoms with Crippen LogP contribution in [0.5, 0.6) is 0 Å². The molecule has 1 amide bonds. The van der Waals surface area contributed by atoms with Gasteiger partial charge in [-0.25, -0.2) is 0 Å². The van der Waals surface area contributed by atoms with E-state index in [9.17, 15) is 4.79 Å². The number of rotatable bonds is 4. The Morgan fingerprint density at radius 2 is 2.05 bits per heavy atom. The van der Waals surface area contributed by atoms with Crippen LogP contribution in [0.3, 0.4) is 0 Å². The predicted octanol–water partition coefficient (Wildman–Crippen LogP) is 4.94. The van der Waals surface area contributed by atoms with Gasteiger partial charge in [-0.05, 0) is 81.8 Å². The molecule has 0 aromatic heterocycles. The van der Waals surface area contributed by atoms with E-state index in [4.69, 9.17) is 0 Å². The third kappa shape index (κ3) is 5.05. The summed E-state index contributed by atoms with van der Waals surface area (Å²) in [5.74, 6) is 1.06. The minimum atomic E-state index is 0.0665. The molecule has 0 radical (unpaired) electrons. The monoisotopic (exact) mass is 480 g/mol. The van der Waals surface area contributed by atoms with Crippen molar-refractivity contribution in [2.24, 2.45) is 11.8 Å². The quantitative estimate of drug-likeness (QED) is 0.638. The number of anilines is 1. The lowest BCUT2D eigenvalue weighted by atomic mass is 9.85. The second-order valence-electron chi connectivity index (χ2n) is 5.58. The van der Waals surface area contributed by atoms with Crippen molar-refractivity contribution < 1.29 is 4.79 Å². The van der Waals surface area contributed by atoms with Crippen LogP contribution in [0.4, 0.5) is 5.69 Å². The fraction of sp³-hybridized carbons (Fsp3) is 0.533. The van der Waals surface area contributed by atoms with E-state index in [-0.39, 0.29) is 5.91 Å². The van der Waals surface area contributed by atoms with Crippen molar-refractivity contribution in [2.75, 3.05) is 18.4 Å². The average molecular weight is 483 g/mol. The van der Waals surface area contributed by atoms with E-state index in [0.717, 1.165) is 32.2 Å². The van der Waals surface area contributed by atoms with Crippen molar-refractivity contribution in [1.29, 1.82) is 0 Å². The van der Waals surface area contributed by atoms with Gasteiger partial charge in [0.2, 0.25) is 5.91 Å². The first-order valence-electron chi connectivity index (χ1n) is 7.12. The molecule has 1 aromatic carbocycles. The zero-order chi connectivity index (χ0) is 15.4. The molecule has 2 rings (SSSR count). The Morgan fingerprint density at radius 1 is 1.38 bits per heavy atom. The second-order valence-corrected chi connectivity index (χ2v) is 8.20. The van der Waals surface area contributed by atoms with Gasteiger partial charge >= 0.3 is 0 Å². The molecule has 1 aliphatic heterocycles. The van der Waals surface area contributed by atoms with Gasteiger partial charge in [-0.15, -0.1) is 0 Å². The van der Waals surface area contributed by atoms with Gasteiger partial charge in [0, 0.05) is 19.8 Å². The van der Waals surface area contributed by atoms with E-state index in [1.165, 1.54) is 12.8 Å². The number of hydrogen-bond acceptors (Lipinski definition) is 2. The lowest BCUT2D eigenvalue weighted by Crippen LogP contribution is -2.34. The minimum Gasteiger partial charge on any atom is -0.324 e. The molecule has 0 aliphatic carbocycles. The van der Waals surface area contributed by atoms with E-state index >= 15 is 0 Å². The minimum absolute atomic E-state index is 0.0665. The summed E-state index contributed by atoms with van der Waals surface area (Å²) < 4.78 is 2.69. The molecular weight excluding hydrogens is 464 g/mol. The van der Waals surface area contributed by atoms with Gasteiger partial charge in [-0.1, -0.05) is 22.9 Å². The van der Waals surface area contributed by atoms with Crippen LogP contribution in [0.1, 0.15) is 26.2 Å². The number of piperidine rings is 1. The van der Waals surface area contributed by atoms with Crippen molar-refractivity contribution in [2.45, 2.75) is 26.2 Å². The van der Waals surface area contributed by atoms with Gasteiger partial charge < -0.3 is 10.6 Å². The summed E-state index contributed by atoms with van der Waals surface area (Å²) in [5.41, 5.74) is 0.789. The summed E-state index contributed by atoms with van der Waals surface area (Å²) in [6.45, 7) is 4.30. The Labute approximate surface area is 151 Å². The fourth-order valence-electron chi connectivity index (χ4n) is 2.68. The maximum Gasteiger partial charge on any atom is 0.224 e. The summed E-state index contributed by atoms with van der Waals surface area (Å²) in [6, 6.07) is 3.85. The number of benzene rings is 1. The first kappa shape index (κ1) is 17.4. The average Bonchev–Trinajstić information content (AvgIpc) is 2.43. The third-order valence-electron chi connectivity index (χ3n) is 3.92. The largest absolute Gasteiger partial charge is 0.324 e. The summed E-state index contributed by atoms with van der Waals surface area (Å²) in [6.07, 6.45) is 2.98. The van der Waals surface area contributed by atoms with Crippen molar-refractivity contribution in [3.63, 3.8) is 0 Å². The molecule has 2 atom stereocenters. The zero-order valence-electron chi connectivity index (χ0n) is 11.9. The van der Waals surface area contributed by atoms with Crippen molar-refractivity contribution in [3.8, 4) is 0 Å². The Morgan fingerprint density at radius 3 is 2.62 bits per heavy atom. The van der Waals surface area contributed by atoms with Gasteiger partial charge in [0.1, 0.15) is 0 Å². The van der Waals surface area contributed by atoms with Crippen LogP contribution in [0.2, 0.25) is 0 Å². The van der Waals surface area contributed by atoms with Crippen LogP contribution in [0, 0.1) is 11.8 Å². The van der Waals surface area contributed by atoms with Crippen LogP contribution >= 0.6 is 47.8 Å². The molecule has 0 bridgehead atoms. The van der Waals surface area contributed by atoms with E-state index in [2.05, 4.69) is 65.3 Å². The molecule has 21 heavy (non-hydrogen) atoms. The first-order chi connectivity index (χ1) is 9.97. The van der Waals surface area contributed by atoms with E-state index in [0.29, 0.717) is 18.3 Å². The Bertz CT molecular complexity index is 493. The highest BCUT2D eigenvalue weighted by molar-refractivity contribution is 9.11. The molecule has 1 fully saturated rings. The molecule has 116 valence electrons. The van der Waals surface area contributed by atoms with Crippen molar-refractivity contribution in [1.82, 2.24) is 5.32 Å². The SMILES string of the molecule is CC(CC(=O)Nc1c(Br)cc(Br)cc1Br)C1CCCNC1. The topological polar surface area (TPSA) is 41.1 Å². The van der Waals surface area contributed by atoms with Gasteiger partial charge in [-0.2, -0.15) is 0 Å². The lowest BCUT2D eigenvalue weighted by molar-refractivity contribution is -0.117. The third-order valence-corrected chi connectivity index (χ3v) is 5.63. The molecule has 2 unspecified atom stereocenters. The first-order valence-corrected chi connectivity index (χ1v) is 9.50. The Hall–Kier alpha value is 0.0900. The summed E-state index contributed by atoms with van der Waals surface area (Å²) in [5, 5.41) is 6.41. The highest BCUT2D eigenvalue weighted by Gasteiger charge is 2.22. The number of carbonyl (C=O) groups is 1. The Kier molecular flexibility index (Phi) is 6.72. The number of nitrogens with one attached hydrogen (secondary N) is 2. The van der Waals surface area contributed by atoms with Crippen LogP contribution in [0.25, 0.3) is 0 Å². The summed E-state index contributed by atoms with van der Waals surface area (Å²) >= 11 is 10.4. The molecular formula is C15H19Br3N2O. The molecule has 6 heteroatoms. The van der Waals surface area contributed by atoms with E-state index in [1.807, 2.05) is 12.1 Å². The zero-order valence-corrected chi connectivity index (χ0v) is 16.6. The molecule has 1 aliphatic rings. The van der Waals surface area contributed by atoms with Crippen LogP contribution in [-0.4, -0.2) is 19.0 Å². The molecule has 3 nitrogen and oxygen atoms in total. The molecule has 1 saturated heterocycles. The molecule has 2 N–H and O–H groups in total. The van der Waals surface area contributed by atoms with Gasteiger partial charge in [0.05, 0.1) is 5.69 Å². The smallest absolute Gasteiger partial charge is 0.224 e. The van der Waals surface area contributed by atoms with Crippen molar-refractivity contribution in [3.05, 3.63) is 25.6 Å². The molecule has 1 heterocycles. The standard InChI is InChI=1S/C15H19Br3N2O/c1-9(10-3-2-4-19-8-10)5-14(21)20-15-12(17)6-11(16)7-13(15)18/h6-7,9-10,19H,2-5,8H2,1H3,(H,20,21). The maximum atomic E-state index is 12.3. The molecule has 1 aromatic rings. The summed E-state index contributed by atoms with van der Waals surface area (Å²) in [4.78, 5) is 12.3. The van der Waals surface area contributed by atoms with Gasteiger partial charge in [0.25, 0.3) is 0 Å². The van der Waals surface area contributed by atoms with E-state index in [1.54, 1.807) is 0 Å². The highest BCUT2D eigenvalue weighted by Crippen LogP contribution is 2.34. The number of halogens is 3. The van der Waals surface area contributed by atoms with Crippen LogP contribution in [-0.2, 0) is 4.79 Å². The second kappa shape index (κ2) is 8.09. The molecule has 0 spiro atoms. The number of amides is 1. The fourth-order valence-corrected chi connectivity index (χ4v) is 5.13. The summed E-state index contributed by atoms with van der Waals surface area (Å²) in [7, 11) is 0. The van der Waals surface area contributed by atoms with Gasteiger partial charge in [-0.3, -0.25) is 4.79 Å². The van der Waals surface area contributed by atoms with Crippen molar-refractivity contribution >= 4 is 59.4 Å². The van der Waals surface area contributed by atoms with E-state index < -0.39 is 0 Å². The normalized spacial score (nSPS) is 20.1.